The minimum Gasteiger partial charge on any atom is -1.00 e. The van der Waals surface area contributed by atoms with Crippen LogP contribution in [0.5, 0.6) is 0 Å². The zero-order valence-corrected chi connectivity index (χ0v) is 26.8. The highest BCUT2D eigenvalue weighted by molar-refractivity contribution is 7.95. The average Bonchev–Trinajstić information content (AvgIpc) is 2.98. The molecule has 0 unspecified atom stereocenters. The Morgan fingerprint density at radius 3 is 1.66 bits per heavy atom. The molecule has 0 heterocycles. The summed E-state index contributed by atoms with van der Waals surface area (Å²) in [5, 5.41) is 4.61. The van der Waals surface area contributed by atoms with Gasteiger partial charge in [-0.05, 0) is 98.1 Å². The lowest BCUT2D eigenvalue weighted by molar-refractivity contribution is -0.00000757. The Hall–Kier alpha value is -1.18. The number of halogens is 1. The van der Waals surface area contributed by atoms with E-state index >= 15 is 0 Å². The van der Waals surface area contributed by atoms with Gasteiger partial charge in [0, 0.05) is 0 Å². The Morgan fingerprint density at radius 2 is 1.11 bits per heavy atom. The fraction of sp³-hybridized carbons (Fsp3) is 0.500. The Bertz CT molecular complexity index is 1040. The summed E-state index contributed by atoms with van der Waals surface area (Å²) in [5.74, 6) is 3.72. The number of unbranched alkanes of at least 4 members (excludes halogenated alkanes) is 2. The van der Waals surface area contributed by atoms with Crippen LogP contribution in [0.1, 0.15) is 95.5 Å². The van der Waals surface area contributed by atoms with Crippen molar-refractivity contribution in [3.05, 3.63) is 90.5 Å². The second-order valence-electron chi connectivity index (χ2n) is 12.1. The molecule has 204 valence electrons. The molecule has 0 radical (unpaired) electrons. The lowest BCUT2D eigenvalue weighted by Gasteiger charge is -2.38. The Kier molecular flexibility index (Phi) is 11.3. The van der Waals surface area contributed by atoms with E-state index in [0.29, 0.717) is 5.92 Å². The van der Waals surface area contributed by atoms with Crippen molar-refractivity contribution < 1.29 is 24.0 Å². The topological polar surface area (TPSA) is 0 Å². The minimum atomic E-state index is -1.69. The fourth-order valence-corrected chi connectivity index (χ4v) is 11.2. The maximum Gasteiger partial charge on any atom is 0.109 e. The molecule has 3 aromatic rings. The highest BCUT2D eigenvalue weighted by Crippen LogP contribution is 2.54. The molecule has 0 atom stereocenters. The fourth-order valence-electron chi connectivity index (χ4n) is 7.65. The van der Waals surface area contributed by atoms with Crippen LogP contribution in [0.2, 0.25) is 0 Å². The van der Waals surface area contributed by atoms with Gasteiger partial charge in [-0.1, -0.05) is 100 Å². The molecule has 2 aliphatic rings. The molecule has 0 spiro atoms. The molecule has 2 aliphatic carbocycles. The predicted octanol–water partition coefficient (Wildman–Crippen LogP) is 6.27. The molecule has 0 amide bonds. The van der Waals surface area contributed by atoms with Gasteiger partial charge in [0.2, 0.25) is 0 Å². The first kappa shape index (κ1) is 29.8. The number of benzene rings is 3. The second-order valence-corrected chi connectivity index (χ2v) is 15.7. The lowest BCUT2D eigenvalue weighted by Crippen LogP contribution is -3.00. The van der Waals surface area contributed by atoms with Gasteiger partial charge in [-0.3, -0.25) is 0 Å². The van der Waals surface area contributed by atoms with Gasteiger partial charge in [0.25, 0.3) is 0 Å². The molecule has 0 saturated heterocycles. The Balaban J connectivity index is 0.00000336. The summed E-state index contributed by atoms with van der Waals surface area (Å²) in [6, 6.07) is 32.2. The molecule has 0 aromatic heterocycles. The molecule has 0 aliphatic heterocycles. The smallest absolute Gasteiger partial charge is 0.109 e. The number of rotatable bonds is 9. The lowest BCUT2D eigenvalue weighted by atomic mass is 9.68. The van der Waals surface area contributed by atoms with Crippen LogP contribution in [-0.2, 0) is 0 Å². The summed E-state index contributed by atoms with van der Waals surface area (Å²) in [6.07, 6.45) is 17.4. The van der Waals surface area contributed by atoms with Crippen LogP contribution >= 0.6 is 7.26 Å². The maximum absolute atomic E-state index is 2.56. The third kappa shape index (κ3) is 6.75. The van der Waals surface area contributed by atoms with Crippen LogP contribution in [0.3, 0.4) is 0 Å². The highest BCUT2D eigenvalue weighted by Gasteiger charge is 2.43. The van der Waals surface area contributed by atoms with Crippen LogP contribution in [0.25, 0.3) is 0 Å². The average molecular weight is 639 g/mol. The summed E-state index contributed by atoms with van der Waals surface area (Å²) in [7, 11) is -1.69. The largest absolute Gasteiger partial charge is 1.00 e. The molecular weight excluding hydrogens is 590 g/mol. The van der Waals surface area contributed by atoms with Gasteiger partial charge in [0.15, 0.2) is 0 Å². The van der Waals surface area contributed by atoms with Gasteiger partial charge in [0.05, 0.1) is 6.66 Å². The van der Waals surface area contributed by atoms with Crippen molar-refractivity contribution in [3.8, 4) is 0 Å². The van der Waals surface area contributed by atoms with Gasteiger partial charge in [-0.25, -0.2) is 0 Å². The molecule has 2 fully saturated rings. The van der Waals surface area contributed by atoms with Crippen molar-refractivity contribution in [2.24, 2.45) is 17.8 Å². The van der Waals surface area contributed by atoms with Crippen LogP contribution in [-0.4, -0.2) is 6.66 Å². The molecule has 5 rings (SSSR count). The van der Waals surface area contributed by atoms with E-state index in [1.54, 1.807) is 10.9 Å². The van der Waals surface area contributed by atoms with Crippen molar-refractivity contribution in [2.45, 2.75) is 89.9 Å². The monoisotopic (exact) mass is 638 g/mol. The zero-order valence-electron chi connectivity index (χ0n) is 23.7. The zero-order chi connectivity index (χ0) is 25.5. The molecular formula is C36H48IP. The number of hydrogen-bond acceptors (Lipinski definition) is 0. The van der Waals surface area contributed by atoms with Crippen LogP contribution in [0.15, 0.2) is 84.9 Å². The van der Waals surface area contributed by atoms with Gasteiger partial charge in [-0.15, -0.1) is 0 Å². The maximum atomic E-state index is 2.56. The summed E-state index contributed by atoms with van der Waals surface area (Å²) in [5.41, 5.74) is 1.64. The first-order chi connectivity index (χ1) is 18.2. The van der Waals surface area contributed by atoms with Gasteiger partial charge in [0.1, 0.15) is 23.2 Å². The quantitative estimate of drug-likeness (QED) is 0.147. The van der Waals surface area contributed by atoms with E-state index < -0.39 is 7.26 Å². The normalized spacial score (nSPS) is 23.9. The van der Waals surface area contributed by atoms with Gasteiger partial charge < -0.3 is 24.0 Å². The van der Waals surface area contributed by atoms with Crippen LogP contribution in [0, 0.1) is 17.8 Å². The predicted molar refractivity (Wildman–Crippen MR) is 165 cm³/mol. The summed E-state index contributed by atoms with van der Waals surface area (Å²) in [6.45, 7) is 4.89. The van der Waals surface area contributed by atoms with Crippen molar-refractivity contribution in [1.29, 1.82) is 0 Å². The van der Waals surface area contributed by atoms with Crippen molar-refractivity contribution in [1.82, 2.24) is 0 Å². The molecule has 38 heavy (non-hydrogen) atoms. The third-order valence-corrected chi connectivity index (χ3v) is 14.0. The molecule has 0 nitrogen and oxygen atoms in total. The first-order valence-electron chi connectivity index (χ1n) is 15.3. The van der Waals surface area contributed by atoms with E-state index in [9.17, 15) is 0 Å². The van der Waals surface area contributed by atoms with Gasteiger partial charge >= 0.3 is 0 Å². The second kappa shape index (κ2) is 14.5. The van der Waals surface area contributed by atoms with Crippen LogP contribution in [0.4, 0.5) is 0 Å². The summed E-state index contributed by atoms with van der Waals surface area (Å²) in [4.78, 5) is 0. The van der Waals surface area contributed by atoms with Crippen molar-refractivity contribution in [2.75, 3.05) is 6.66 Å². The van der Waals surface area contributed by atoms with Crippen molar-refractivity contribution in [3.63, 3.8) is 0 Å². The van der Waals surface area contributed by atoms with Crippen LogP contribution < -0.4 is 39.9 Å². The van der Waals surface area contributed by atoms with E-state index in [1.165, 1.54) is 87.7 Å². The molecule has 3 aromatic carbocycles. The first-order valence-corrected chi connectivity index (χ1v) is 17.5. The highest BCUT2D eigenvalue weighted by atomic mass is 127. The van der Waals surface area contributed by atoms with E-state index in [2.05, 4.69) is 98.5 Å². The third-order valence-electron chi connectivity index (χ3n) is 9.95. The molecule has 0 N–H and O–H groups in total. The number of hydrogen-bond donors (Lipinski definition) is 0. The minimum absolute atomic E-state index is 0. The van der Waals surface area contributed by atoms with Gasteiger partial charge in [-0.2, -0.15) is 0 Å². The SMILES string of the molecule is CCCCCC1CCC(C2CCC(c3ccccc3[P+](C)(c3ccccc3)c3ccccc3)CC2)CC1.[I-]. The Labute approximate surface area is 250 Å². The summed E-state index contributed by atoms with van der Waals surface area (Å²) >= 11 is 0. The van der Waals surface area contributed by atoms with E-state index in [0.717, 1.165) is 17.8 Å². The molecule has 2 heteroatoms. The van der Waals surface area contributed by atoms with E-state index in [4.69, 9.17) is 0 Å². The molecule has 2 saturated carbocycles. The summed E-state index contributed by atoms with van der Waals surface area (Å²) < 4.78 is 0. The van der Waals surface area contributed by atoms with E-state index in [1.807, 2.05) is 0 Å². The van der Waals surface area contributed by atoms with Crippen molar-refractivity contribution >= 4 is 23.2 Å². The standard InChI is InChI=1S/C36H48P.HI/c1-3-4-7-14-29-21-23-30(24-22-29)31-25-27-32(28-26-31)35-19-12-13-20-36(35)37(2,33-15-8-5-9-16-33)34-17-10-6-11-18-34;/h5-6,8-13,15-20,29-32H,3-4,7,14,21-28H2,1-2H3;1H/q+1;/p-1. The van der Waals surface area contributed by atoms with E-state index in [-0.39, 0.29) is 24.0 Å². The molecule has 0 bridgehead atoms. The Morgan fingerprint density at radius 1 is 0.605 bits per heavy atom.